The summed E-state index contributed by atoms with van der Waals surface area (Å²) in [5.41, 5.74) is 3.45. The lowest BCUT2D eigenvalue weighted by Crippen LogP contribution is -2.48. The molecule has 3 rings (SSSR count). The highest BCUT2D eigenvalue weighted by molar-refractivity contribution is 6.35. The Morgan fingerprint density at radius 1 is 1.37 bits per heavy atom. The highest BCUT2D eigenvalue weighted by atomic mass is 35.5. The summed E-state index contributed by atoms with van der Waals surface area (Å²) in [5.74, 6) is 0.474. The van der Waals surface area contributed by atoms with E-state index in [1.165, 1.54) is 0 Å². The van der Waals surface area contributed by atoms with Gasteiger partial charge in [-0.3, -0.25) is 4.79 Å². The van der Waals surface area contributed by atoms with E-state index in [1.54, 1.807) is 16.8 Å². The fraction of sp³-hybridized carbons (Fsp3) is 0.474. The Kier molecular flexibility index (Phi) is 7.57. The maximum atomic E-state index is 12.6. The summed E-state index contributed by atoms with van der Waals surface area (Å²) in [4.78, 5) is 12.6. The lowest BCUT2D eigenvalue weighted by molar-refractivity contribution is -0.121. The average Bonchev–Trinajstić information content (AvgIpc) is 2.85. The van der Waals surface area contributed by atoms with Gasteiger partial charge in [-0.2, -0.15) is 5.10 Å². The third-order valence-corrected chi connectivity index (χ3v) is 5.59. The van der Waals surface area contributed by atoms with Crippen LogP contribution in [0.4, 0.5) is 0 Å². The van der Waals surface area contributed by atoms with E-state index in [-0.39, 0.29) is 24.4 Å². The zero-order valence-electron chi connectivity index (χ0n) is 15.7. The van der Waals surface area contributed by atoms with Crippen molar-refractivity contribution in [2.24, 2.45) is 5.92 Å². The van der Waals surface area contributed by atoms with Crippen molar-refractivity contribution >= 4 is 41.5 Å². The van der Waals surface area contributed by atoms with E-state index in [1.807, 2.05) is 19.9 Å². The van der Waals surface area contributed by atoms with Crippen molar-refractivity contribution in [3.8, 4) is 5.69 Å². The Balaban J connectivity index is 0.00000261. The summed E-state index contributed by atoms with van der Waals surface area (Å²) in [6.45, 7) is 7.92. The molecule has 0 saturated carbocycles. The molecular formula is C19H25Cl3N4O. The van der Waals surface area contributed by atoms with Gasteiger partial charge in [-0.25, -0.2) is 4.68 Å². The minimum Gasteiger partial charge on any atom is -0.353 e. The van der Waals surface area contributed by atoms with Crippen LogP contribution < -0.4 is 10.6 Å². The van der Waals surface area contributed by atoms with E-state index < -0.39 is 0 Å². The number of benzene rings is 1. The molecule has 2 aromatic rings. The van der Waals surface area contributed by atoms with Gasteiger partial charge in [-0.1, -0.05) is 30.1 Å². The number of hydrogen-bond donors (Lipinski definition) is 2. The van der Waals surface area contributed by atoms with E-state index in [2.05, 4.69) is 22.7 Å². The Morgan fingerprint density at radius 2 is 2.11 bits per heavy atom. The zero-order valence-corrected chi connectivity index (χ0v) is 18.0. The van der Waals surface area contributed by atoms with Crippen molar-refractivity contribution in [1.29, 1.82) is 0 Å². The minimum absolute atomic E-state index is 0. The van der Waals surface area contributed by atoms with Gasteiger partial charge in [0.1, 0.15) is 0 Å². The second-order valence-corrected chi connectivity index (χ2v) is 7.82. The van der Waals surface area contributed by atoms with Gasteiger partial charge < -0.3 is 10.6 Å². The molecule has 0 aliphatic carbocycles. The molecule has 1 aliphatic rings. The van der Waals surface area contributed by atoms with E-state index in [0.29, 0.717) is 22.4 Å². The maximum Gasteiger partial charge on any atom is 0.224 e. The van der Waals surface area contributed by atoms with Gasteiger partial charge >= 0.3 is 0 Å². The predicted molar refractivity (Wildman–Crippen MR) is 113 cm³/mol. The van der Waals surface area contributed by atoms with Gasteiger partial charge in [0.15, 0.2) is 0 Å². The van der Waals surface area contributed by atoms with Crippen LogP contribution in [-0.4, -0.2) is 34.8 Å². The van der Waals surface area contributed by atoms with Gasteiger partial charge in [-0.05, 0) is 57.5 Å². The number of nitrogens with one attached hydrogen (secondary N) is 2. The van der Waals surface area contributed by atoms with Crippen LogP contribution in [0, 0.1) is 19.8 Å². The molecule has 2 atom stereocenters. The van der Waals surface area contributed by atoms with Crippen LogP contribution in [0.5, 0.6) is 0 Å². The summed E-state index contributed by atoms with van der Waals surface area (Å²) < 4.78 is 1.78. The van der Waals surface area contributed by atoms with Crippen molar-refractivity contribution in [1.82, 2.24) is 20.4 Å². The van der Waals surface area contributed by atoms with Crippen LogP contribution in [0.15, 0.2) is 18.2 Å². The number of aryl methyl sites for hydroxylation is 1. The molecule has 0 spiro atoms. The lowest BCUT2D eigenvalue weighted by Gasteiger charge is -2.30. The monoisotopic (exact) mass is 430 g/mol. The third-order valence-electron chi connectivity index (χ3n) is 5.05. The highest BCUT2D eigenvalue weighted by Gasteiger charge is 2.24. The molecule has 2 N–H and O–H groups in total. The number of nitrogens with zero attached hydrogens (tertiary/aromatic N) is 2. The van der Waals surface area contributed by atoms with Crippen molar-refractivity contribution in [3.63, 3.8) is 0 Å². The Hall–Kier alpha value is -1.27. The first-order valence-corrected chi connectivity index (χ1v) is 9.63. The summed E-state index contributed by atoms with van der Waals surface area (Å²) in [7, 11) is 0. The summed E-state index contributed by atoms with van der Waals surface area (Å²) >= 11 is 12.3. The van der Waals surface area contributed by atoms with Gasteiger partial charge in [0.05, 0.1) is 22.8 Å². The second-order valence-electron chi connectivity index (χ2n) is 6.98. The second kappa shape index (κ2) is 9.28. The van der Waals surface area contributed by atoms with Crippen molar-refractivity contribution < 1.29 is 4.79 Å². The Bertz CT molecular complexity index is 822. The molecule has 8 heteroatoms. The molecule has 1 fully saturated rings. The minimum atomic E-state index is 0. The van der Waals surface area contributed by atoms with Crippen LogP contribution in [-0.2, 0) is 11.2 Å². The Morgan fingerprint density at radius 3 is 2.78 bits per heavy atom. The molecule has 2 heterocycles. The van der Waals surface area contributed by atoms with Crippen molar-refractivity contribution in [2.75, 3.05) is 13.1 Å². The first-order valence-electron chi connectivity index (χ1n) is 8.87. The lowest BCUT2D eigenvalue weighted by atomic mass is 9.95. The predicted octanol–water partition coefficient (Wildman–Crippen LogP) is 3.87. The molecule has 1 amide bonds. The average molecular weight is 432 g/mol. The van der Waals surface area contributed by atoms with Crippen molar-refractivity contribution in [2.45, 2.75) is 39.7 Å². The zero-order chi connectivity index (χ0) is 18.8. The number of amides is 1. The molecule has 5 nitrogen and oxygen atoms in total. The largest absolute Gasteiger partial charge is 0.353 e. The topological polar surface area (TPSA) is 59.0 Å². The van der Waals surface area contributed by atoms with Gasteiger partial charge in [0.25, 0.3) is 0 Å². The molecular weight excluding hydrogens is 407 g/mol. The number of rotatable bonds is 4. The SMILES string of the molecule is Cc1nn(-c2ccc(Cl)cc2Cl)c(C)c1CC(=O)NC1CCNCC1C.Cl. The van der Waals surface area contributed by atoms with E-state index in [4.69, 9.17) is 23.2 Å². The molecule has 1 aliphatic heterocycles. The molecule has 2 unspecified atom stereocenters. The highest BCUT2D eigenvalue weighted by Crippen LogP contribution is 2.27. The number of halogens is 3. The fourth-order valence-corrected chi connectivity index (χ4v) is 3.95. The Labute approximate surface area is 176 Å². The van der Waals surface area contributed by atoms with Gasteiger partial charge in [0.2, 0.25) is 5.91 Å². The third kappa shape index (κ3) is 4.96. The van der Waals surface area contributed by atoms with Crippen LogP contribution >= 0.6 is 35.6 Å². The normalized spacial score (nSPS) is 19.4. The summed E-state index contributed by atoms with van der Waals surface area (Å²) in [6.07, 6.45) is 1.28. The molecule has 0 radical (unpaired) electrons. The van der Waals surface area contributed by atoms with E-state index in [9.17, 15) is 4.79 Å². The first kappa shape index (κ1) is 22.0. The smallest absolute Gasteiger partial charge is 0.224 e. The van der Waals surface area contributed by atoms with Gasteiger partial charge in [0, 0.05) is 22.3 Å². The molecule has 1 aromatic heterocycles. The molecule has 0 bridgehead atoms. The first-order chi connectivity index (χ1) is 12.4. The fourth-order valence-electron chi connectivity index (χ4n) is 3.47. The quantitative estimate of drug-likeness (QED) is 0.772. The van der Waals surface area contributed by atoms with Crippen molar-refractivity contribution in [3.05, 3.63) is 45.2 Å². The standard InChI is InChI=1S/C19H24Cl2N4O.ClH/c1-11-10-22-7-6-17(11)23-19(26)9-15-12(2)24-25(13(15)3)18-5-4-14(20)8-16(18)21;/h4-5,8,11,17,22H,6-7,9-10H2,1-3H3,(H,23,26);1H. The van der Waals surface area contributed by atoms with Crippen LogP contribution in [0.1, 0.15) is 30.3 Å². The van der Waals surface area contributed by atoms with Crippen LogP contribution in [0.3, 0.4) is 0 Å². The number of piperidine rings is 1. The number of carbonyl (C=O) groups is 1. The summed E-state index contributed by atoms with van der Waals surface area (Å²) in [6, 6.07) is 5.54. The number of aromatic nitrogens is 2. The molecule has 1 aromatic carbocycles. The van der Waals surface area contributed by atoms with E-state index in [0.717, 1.165) is 42.1 Å². The van der Waals surface area contributed by atoms with E-state index >= 15 is 0 Å². The van der Waals surface area contributed by atoms with Gasteiger partial charge in [-0.15, -0.1) is 12.4 Å². The van der Waals surface area contributed by atoms with Crippen LogP contribution in [0.2, 0.25) is 10.0 Å². The number of hydrogen-bond acceptors (Lipinski definition) is 3. The molecule has 148 valence electrons. The molecule has 1 saturated heterocycles. The maximum absolute atomic E-state index is 12.6. The summed E-state index contributed by atoms with van der Waals surface area (Å²) in [5, 5.41) is 12.2. The van der Waals surface area contributed by atoms with Crippen LogP contribution in [0.25, 0.3) is 5.69 Å². The number of carbonyl (C=O) groups excluding carboxylic acids is 1. The molecule has 27 heavy (non-hydrogen) atoms.